The maximum atomic E-state index is 13.5. The molecule has 0 aliphatic carbocycles. The van der Waals surface area contributed by atoms with Gasteiger partial charge in [-0.3, -0.25) is 14.5 Å². The Balaban J connectivity index is 1.87. The van der Waals surface area contributed by atoms with Crippen LogP contribution in [-0.4, -0.2) is 16.8 Å². The highest BCUT2D eigenvalue weighted by molar-refractivity contribution is 6.20. The lowest BCUT2D eigenvalue weighted by Crippen LogP contribution is -2.31. The van der Waals surface area contributed by atoms with E-state index >= 15 is 0 Å². The van der Waals surface area contributed by atoms with E-state index in [9.17, 15) is 19.1 Å². The minimum Gasteiger partial charge on any atom is -0.503 e. The predicted octanol–water partition coefficient (Wildman–Crippen LogP) is 4.07. The first-order chi connectivity index (χ1) is 14.0. The average Bonchev–Trinajstić information content (AvgIpc) is 3.36. The van der Waals surface area contributed by atoms with Gasteiger partial charge in [-0.2, -0.15) is 5.26 Å². The van der Waals surface area contributed by atoms with E-state index in [1.165, 1.54) is 59.7 Å². The lowest BCUT2D eigenvalue weighted by atomic mass is 9.94. The molecule has 1 unspecified atom stereocenters. The smallest absolute Gasteiger partial charge is 0.294 e. The van der Waals surface area contributed by atoms with Crippen molar-refractivity contribution in [1.29, 1.82) is 5.26 Å². The Morgan fingerprint density at radius 2 is 1.79 bits per heavy atom. The number of carbonyl (C=O) groups is 2. The van der Waals surface area contributed by atoms with Crippen LogP contribution >= 0.6 is 0 Å². The van der Waals surface area contributed by atoms with Gasteiger partial charge in [0.2, 0.25) is 5.78 Å². The highest BCUT2D eigenvalue weighted by Crippen LogP contribution is 2.42. The Labute approximate surface area is 164 Å². The van der Waals surface area contributed by atoms with E-state index in [0.717, 1.165) is 0 Å². The second kappa shape index (κ2) is 7.09. The second-order valence-corrected chi connectivity index (χ2v) is 6.36. The van der Waals surface area contributed by atoms with Crippen LogP contribution in [0.2, 0.25) is 0 Å². The number of hydrogen-bond acceptors (Lipinski definition) is 5. The summed E-state index contributed by atoms with van der Waals surface area (Å²) in [6.45, 7) is 0. The Morgan fingerprint density at radius 3 is 2.38 bits per heavy atom. The standard InChI is InChI=1S/C22H13FN2O4/c23-15-7-5-14(6-8-15)19-18(20(26)17-2-1-11-29-17)21(27)22(28)25(19)16-9-3-13(12-24)4-10-16/h1-11,19,27H. The Kier molecular flexibility index (Phi) is 4.45. The third-order valence-electron chi connectivity index (χ3n) is 4.66. The Morgan fingerprint density at radius 1 is 1.10 bits per heavy atom. The average molecular weight is 388 g/mol. The highest BCUT2D eigenvalue weighted by atomic mass is 19.1. The number of nitriles is 1. The molecule has 2 heterocycles. The van der Waals surface area contributed by atoms with Gasteiger partial charge in [0.25, 0.3) is 5.91 Å². The number of furan rings is 1. The summed E-state index contributed by atoms with van der Waals surface area (Å²) in [5.74, 6) is -2.64. The molecule has 0 radical (unpaired) electrons. The van der Waals surface area contributed by atoms with Gasteiger partial charge >= 0.3 is 0 Å². The monoisotopic (exact) mass is 388 g/mol. The normalized spacial score (nSPS) is 16.2. The van der Waals surface area contributed by atoms with Gasteiger partial charge in [-0.05, 0) is 54.1 Å². The first-order valence-electron chi connectivity index (χ1n) is 8.62. The molecule has 3 aromatic rings. The Bertz CT molecular complexity index is 1160. The fraction of sp³-hybridized carbons (Fsp3) is 0.0455. The number of anilines is 1. The number of nitrogens with zero attached hydrogens (tertiary/aromatic N) is 2. The summed E-state index contributed by atoms with van der Waals surface area (Å²) < 4.78 is 18.6. The van der Waals surface area contributed by atoms with Gasteiger partial charge in [0, 0.05) is 5.69 Å². The zero-order chi connectivity index (χ0) is 20.5. The largest absolute Gasteiger partial charge is 0.503 e. The van der Waals surface area contributed by atoms with Crippen molar-refractivity contribution in [3.05, 3.63) is 101 Å². The molecule has 0 fully saturated rings. The summed E-state index contributed by atoms with van der Waals surface area (Å²) in [5, 5.41) is 19.5. The summed E-state index contributed by atoms with van der Waals surface area (Å²) in [6, 6.07) is 15.4. The quantitative estimate of drug-likeness (QED) is 0.680. The molecule has 1 aromatic heterocycles. The minimum absolute atomic E-state index is 0.0341. The maximum Gasteiger partial charge on any atom is 0.294 e. The molecule has 29 heavy (non-hydrogen) atoms. The van der Waals surface area contributed by atoms with Crippen LogP contribution in [0.25, 0.3) is 0 Å². The summed E-state index contributed by atoms with van der Waals surface area (Å²) in [4.78, 5) is 27.1. The number of carbonyl (C=O) groups excluding carboxylic acids is 2. The molecule has 142 valence electrons. The molecule has 6 nitrogen and oxygen atoms in total. The van der Waals surface area contributed by atoms with E-state index < -0.39 is 29.3 Å². The maximum absolute atomic E-state index is 13.5. The van der Waals surface area contributed by atoms with Crippen LogP contribution in [0.1, 0.15) is 27.7 Å². The van der Waals surface area contributed by atoms with Gasteiger partial charge < -0.3 is 9.52 Å². The van der Waals surface area contributed by atoms with Crippen LogP contribution in [0.3, 0.4) is 0 Å². The van der Waals surface area contributed by atoms with Crippen LogP contribution in [-0.2, 0) is 4.79 Å². The molecular formula is C22H13FN2O4. The van der Waals surface area contributed by atoms with Crippen molar-refractivity contribution < 1.29 is 23.5 Å². The van der Waals surface area contributed by atoms with Crippen LogP contribution in [0.15, 0.2) is 82.7 Å². The SMILES string of the molecule is N#Cc1ccc(N2C(=O)C(O)=C(C(=O)c3ccco3)C2c2ccc(F)cc2)cc1. The van der Waals surface area contributed by atoms with Gasteiger partial charge in [-0.1, -0.05) is 12.1 Å². The number of benzene rings is 2. The molecule has 1 amide bonds. The molecule has 1 aliphatic heterocycles. The summed E-state index contributed by atoms with van der Waals surface area (Å²) >= 11 is 0. The number of Topliss-reactive ketones (excluding diaryl/α,β-unsaturated/α-hetero) is 1. The third-order valence-corrected chi connectivity index (χ3v) is 4.66. The number of halogens is 1. The molecule has 4 rings (SSSR count). The number of rotatable bonds is 4. The molecule has 0 saturated carbocycles. The van der Waals surface area contributed by atoms with Crippen LogP contribution in [0, 0.1) is 17.1 Å². The fourth-order valence-corrected chi connectivity index (χ4v) is 3.30. The van der Waals surface area contributed by atoms with Crippen molar-refractivity contribution in [2.75, 3.05) is 4.90 Å². The molecule has 0 saturated heterocycles. The molecule has 0 spiro atoms. The highest BCUT2D eigenvalue weighted by Gasteiger charge is 2.45. The van der Waals surface area contributed by atoms with Gasteiger partial charge in [0.05, 0.1) is 29.5 Å². The summed E-state index contributed by atoms with van der Waals surface area (Å²) in [5.41, 5.74) is 1.03. The first-order valence-corrected chi connectivity index (χ1v) is 8.62. The van der Waals surface area contributed by atoms with Crippen molar-refractivity contribution in [3.8, 4) is 6.07 Å². The summed E-state index contributed by atoms with van der Waals surface area (Å²) in [6.07, 6.45) is 1.31. The zero-order valence-electron chi connectivity index (χ0n) is 14.9. The van der Waals surface area contributed by atoms with E-state index in [-0.39, 0.29) is 11.3 Å². The number of aliphatic hydroxyl groups is 1. The van der Waals surface area contributed by atoms with E-state index in [2.05, 4.69) is 0 Å². The first kappa shape index (κ1) is 18.2. The number of hydrogen-bond donors (Lipinski definition) is 1. The van der Waals surface area contributed by atoms with Crippen LogP contribution < -0.4 is 4.90 Å². The molecule has 1 atom stereocenters. The lowest BCUT2D eigenvalue weighted by Gasteiger charge is -2.26. The van der Waals surface area contributed by atoms with Crippen molar-refractivity contribution in [2.45, 2.75) is 6.04 Å². The van der Waals surface area contributed by atoms with Crippen LogP contribution in [0.5, 0.6) is 0 Å². The lowest BCUT2D eigenvalue weighted by molar-refractivity contribution is -0.117. The van der Waals surface area contributed by atoms with Crippen LogP contribution in [0.4, 0.5) is 10.1 Å². The molecule has 0 bridgehead atoms. The van der Waals surface area contributed by atoms with Gasteiger partial charge in [0.15, 0.2) is 11.5 Å². The number of aliphatic hydroxyl groups excluding tert-OH is 1. The van der Waals surface area contributed by atoms with Crippen molar-refractivity contribution >= 4 is 17.4 Å². The van der Waals surface area contributed by atoms with E-state index in [1.807, 2.05) is 6.07 Å². The van der Waals surface area contributed by atoms with Crippen molar-refractivity contribution in [3.63, 3.8) is 0 Å². The molecular weight excluding hydrogens is 375 g/mol. The van der Waals surface area contributed by atoms with E-state index in [0.29, 0.717) is 16.8 Å². The topological polar surface area (TPSA) is 94.5 Å². The van der Waals surface area contributed by atoms with Gasteiger partial charge in [-0.15, -0.1) is 0 Å². The molecule has 2 aromatic carbocycles. The number of amides is 1. The fourth-order valence-electron chi connectivity index (χ4n) is 3.30. The van der Waals surface area contributed by atoms with E-state index in [1.54, 1.807) is 12.1 Å². The summed E-state index contributed by atoms with van der Waals surface area (Å²) in [7, 11) is 0. The molecule has 7 heteroatoms. The number of ketones is 1. The van der Waals surface area contributed by atoms with Crippen molar-refractivity contribution in [1.82, 2.24) is 0 Å². The third kappa shape index (κ3) is 3.07. The van der Waals surface area contributed by atoms with E-state index in [4.69, 9.17) is 9.68 Å². The Hall–Kier alpha value is -4.18. The van der Waals surface area contributed by atoms with Crippen molar-refractivity contribution in [2.24, 2.45) is 0 Å². The van der Waals surface area contributed by atoms with Gasteiger partial charge in [-0.25, -0.2) is 4.39 Å². The second-order valence-electron chi connectivity index (χ2n) is 6.36. The molecule has 1 N–H and O–H groups in total. The zero-order valence-corrected chi connectivity index (χ0v) is 14.9. The molecule has 1 aliphatic rings. The van der Waals surface area contributed by atoms with Gasteiger partial charge in [0.1, 0.15) is 5.82 Å². The minimum atomic E-state index is -0.992. The predicted molar refractivity (Wildman–Crippen MR) is 100 cm³/mol.